The van der Waals surface area contributed by atoms with Crippen LogP contribution in [0.4, 0.5) is 0 Å². The van der Waals surface area contributed by atoms with E-state index in [4.69, 9.17) is 26.2 Å². The topological polar surface area (TPSA) is 132 Å². The predicted molar refractivity (Wildman–Crippen MR) is 317 cm³/mol. The molecular formula is C69H114N4O2. The number of rotatable bonds is 20. The minimum atomic E-state index is 0. The van der Waals surface area contributed by atoms with E-state index in [1.807, 2.05) is 13.0 Å². The maximum absolute atomic E-state index is 10.0. The average Bonchev–Trinajstić information content (AvgIpc) is 3.99. The molecule has 0 aromatic carbocycles. The van der Waals surface area contributed by atoms with Crippen LogP contribution in [0.2, 0.25) is 0 Å². The van der Waals surface area contributed by atoms with Crippen LogP contribution in [0.1, 0.15) is 260 Å². The standard InChI is InChI=1S/4C12H19N.C10H18O.C10H16O.CH4/c4*1-11(2)6-9(11)4-5-12(3)7-10(12)8-13;2*1-9(2)5-4-6-10(3)7-8-11;/h4*9-10H,4-7H2,1-3H3;5,7,11H,4,6,8H2,1-3H3;5,7-8H,4,6H2,1-3H3;1H4/b;;;;2*10-7+;/t4*9?,10-,12+;;;/m1100.../s1. The molecule has 0 bridgehead atoms. The number of carbonyl (C=O) groups excluding carboxylic acids is 1. The summed E-state index contributed by atoms with van der Waals surface area (Å²) in [6, 6.07) is 9.58. The third-order valence-corrected chi connectivity index (χ3v) is 20.1. The van der Waals surface area contributed by atoms with E-state index in [2.05, 4.69) is 154 Å². The highest BCUT2D eigenvalue weighted by Crippen LogP contribution is 2.63. The van der Waals surface area contributed by atoms with Crippen LogP contribution in [0.3, 0.4) is 0 Å². The number of aliphatic hydroxyl groups is 1. The second-order valence-electron chi connectivity index (χ2n) is 29.9. The summed E-state index contributed by atoms with van der Waals surface area (Å²) in [6.45, 7) is 40.5. The van der Waals surface area contributed by atoms with Crippen LogP contribution in [0.15, 0.2) is 46.6 Å². The van der Waals surface area contributed by atoms with Gasteiger partial charge in [-0.15, -0.1) is 0 Å². The van der Waals surface area contributed by atoms with Crippen molar-refractivity contribution in [3.8, 4) is 24.3 Å². The molecule has 6 nitrogen and oxygen atoms in total. The van der Waals surface area contributed by atoms with Gasteiger partial charge in [-0.05, 0) is 243 Å². The molecule has 0 amide bonds. The number of hydrogen-bond donors (Lipinski definition) is 1. The van der Waals surface area contributed by atoms with Crippen molar-refractivity contribution in [2.24, 2.45) is 90.7 Å². The Kier molecular flexibility index (Phi) is 25.2. The molecule has 0 saturated heterocycles. The first-order valence-electron chi connectivity index (χ1n) is 29.5. The van der Waals surface area contributed by atoms with Gasteiger partial charge in [-0.2, -0.15) is 21.0 Å². The van der Waals surface area contributed by atoms with Crippen molar-refractivity contribution in [3.63, 3.8) is 0 Å². The van der Waals surface area contributed by atoms with Crippen molar-refractivity contribution in [2.75, 3.05) is 6.61 Å². The van der Waals surface area contributed by atoms with Crippen molar-refractivity contribution in [1.29, 1.82) is 21.0 Å². The van der Waals surface area contributed by atoms with Crippen LogP contribution in [0.25, 0.3) is 0 Å². The van der Waals surface area contributed by atoms with Crippen LogP contribution in [-0.4, -0.2) is 18.0 Å². The van der Waals surface area contributed by atoms with E-state index in [0.29, 0.717) is 67.0 Å². The van der Waals surface area contributed by atoms with Gasteiger partial charge in [-0.1, -0.05) is 131 Å². The van der Waals surface area contributed by atoms with Gasteiger partial charge in [0.1, 0.15) is 6.29 Å². The fraction of sp³-hybridized carbons (Fsp3) is 0.812. The molecule has 8 rings (SSSR count). The van der Waals surface area contributed by atoms with Crippen LogP contribution in [0, 0.1) is 136 Å². The Morgan fingerprint density at radius 2 is 0.680 bits per heavy atom. The summed E-state index contributed by atoms with van der Waals surface area (Å²) in [5, 5.41) is 43.7. The molecule has 8 aliphatic rings. The van der Waals surface area contributed by atoms with Gasteiger partial charge in [-0.25, -0.2) is 0 Å². The van der Waals surface area contributed by atoms with Gasteiger partial charge < -0.3 is 5.11 Å². The monoisotopic (exact) mass is 1030 g/mol. The van der Waals surface area contributed by atoms with Crippen molar-refractivity contribution in [3.05, 3.63) is 46.6 Å². The van der Waals surface area contributed by atoms with Gasteiger partial charge in [0.25, 0.3) is 0 Å². The Bertz CT molecular complexity index is 1930. The molecule has 8 saturated carbocycles. The zero-order chi connectivity index (χ0) is 56.1. The highest BCUT2D eigenvalue weighted by atomic mass is 16.2. The summed E-state index contributed by atoms with van der Waals surface area (Å²) in [6.07, 6.45) is 33.6. The van der Waals surface area contributed by atoms with Gasteiger partial charge in [0.15, 0.2) is 0 Å². The van der Waals surface area contributed by atoms with Crippen LogP contribution < -0.4 is 0 Å². The molecule has 6 heteroatoms. The molecule has 12 atom stereocenters. The molecule has 4 unspecified atom stereocenters. The lowest BCUT2D eigenvalue weighted by atomic mass is 9.96. The molecule has 75 heavy (non-hydrogen) atoms. The number of aliphatic hydroxyl groups excluding tert-OH is 1. The Labute approximate surface area is 463 Å². The highest BCUT2D eigenvalue weighted by molar-refractivity contribution is 5.65. The molecule has 0 aromatic heterocycles. The summed E-state index contributed by atoms with van der Waals surface area (Å²) in [5.41, 5.74) is 9.18. The molecule has 0 heterocycles. The molecule has 8 aliphatic carbocycles. The lowest BCUT2D eigenvalue weighted by molar-refractivity contribution is -0.104. The second kappa shape index (κ2) is 27.9. The summed E-state index contributed by atoms with van der Waals surface area (Å²) in [4.78, 5) is 10.0. The first kappa shape index (κ1) is 67.7. The first-order chi connectivity index (χ1) is 34.2. The number of allylic oxidation sites excluding steroid dienone is 7. The van der Waals surface area contributed by atoms with E-state index < -0.39 is 0 Å². The summed E-state index contributed by atoms with van der Waals surface area (Å²) in [5.74, 6) is 5.27. The normalized spacial score (nSPS) is 34.8. The quantitative estimate of drug-likeness (QED) is 0.0734. The van der Waals surface area contributed by atoms with E-state index in [1.54, 1.807) is 6.08 Å². The van der Waals surface area contributed by atoms with Crippen LogP contribution >= 0.6 is 0 Å². The van der Waals surface area contributed by atoms with Crippen LogP contribution in [0.5, 0.6) is 0 Å². The smallest absolute Gasteiger partial charge is 0.142 e. The number of aldehydes is 1. The Morgan fingerprint density at radius 1 is 0.440 bits per heavy atom. The van der Waals surface area contributed by atoms with E-state index in [0.717, 1.165) is 86.9 Å². The predicted octanol–water partition coefficient (Wildman–Crippen LogP) is 19.6. The third kappa shape index (κ3) is 23.6. The van der Waals surface area contributed by atoms with Crippen LogP contribution in [-0.2, 0) is 4.79 Å². The lowest BCUT2D eigenvalue weighted by Gasteiger charge is -2.09. The number of carbonyl (C=O) groups is 1. The maximum Gasteiger partial charge on any atom is 0.142 e. The zero-order valence-electron chi connectivity index (χ0n) is 51.0. The lowest BCUT2D eigenvalue weighted by Crippen LogP contribution is -1.99. The Balaban J connectivity index is 0.000000308. The fourth-order valence-electron chi connectivity index (χ4n) is 11.5. The number of nitrogens with zero attached hydrogens (tertiary/aromatic N) is 4. The van der Waals surface area contributed by atoms with Crippen molar-refractivity contribution in [2.45, 2.75) is 260 Å². The largest absolute Gasteiger partial charge is 0.392 e. The maximum atomic E-state index is 10.0. The van der Waals surface area contributed by atoms with E-state index in [1.165, 1.54) is 93.8 Å². The molecule has 0 aliphatic heterocycles. The first-order valence-corrected chi connectivity index (χ1v) is 29.5. The molecule has 0 radical (unpaired) electrons. The van der Waals surface area contributed by atoms with Gasteiger partial charge in [0.05, 0.1) is 54.6 Å². The SMILES string of the molecule is C.CC(C)=CCC/C(C)=C/C=O.CC(C)=CCC/C(C)=C/CO.CC1(C)CC1CC[C@@]1(C)C[C@@H]1C#N.CC1(C)CC1CC[C@@]1(C)C[C@@H]1C#N.CC1(C)CC1CC[C@]1(C)C[C@H]1C#N.CC1(C)CC1CC[C@]1(C)C[C@H]1C#N. The number of nitriles is 4. The molecule has 8 fully saturated rings. The molecule has 0 aromatic rings. The summed E-state index contributed by atoms with van der Waals surface area (Å²) >= 11 is 0. The van der Waals surface area contributed by atoms with Crippen molar-refractivity contribution in [1.82, 2.24) is 0 Å². The molecule has 0 spiro atoms. The third-order valence-electron chi connectivity index (χ3n) is 20.1. The van der Waals surface area contributed by atoms with Gasteiger partial charge in [-0.3, -0.25) is 4.79 Å². The fourth-order valence-corrected chi connectivity index (χ4v) is 11.5. The highest BCUT2D eigenvalue weighted by Gasteiger charge is 2.56. The van der Waals surface area contributed by atoms with Gasteiger partial charge in [0, 0.05) is 0 Å². The van der Waals surface area contributed by atoms with E-state index >= 15 is 0 Å². The minimum Gasteiger partial charge on any atom is -0.392 e. The van der Waals surface area contributed by atoms with Crippen molar-refractivity contribution >= 4 is 6.29 Å². The van der Waals surface area contributed by atoms with E-state index in [-0.39, 0.29) is 14.0 Å². The van der Waals surface area contributed by atoms with Crippen molar-refractivity contribution < 1.29 is 9.90 Å². The Morgan fingerprint density at radius 3 is 0.853 bits per heavy atom. The van der Waals surface area contributed by atoms with Gasteiger partial charge >= 0.3 is 0 Å². The molecule has 1 N–H and O–H groups in total. The van der Waals surface area contributed by atoms with Gasteiger partial charge in [0.2, 0.25) is 0 Å². The average molecular weight is 1030 g/mol. The van der Waals surface area contributed by atoms with E-state index in [9.17, 15) is 4.79 Å². The minimum absolute atomic E-state index is 0. The number of hydrogen-bond acceptors (Lipinski definition) is 6. The Hall–Kier alpha value is -3.45. The molecular weight excluding hydrogens is 917 g/mol. The second-order valence-corrected chi connectivity index (χ2v) is 29.9. The summed E-state index contributed by atoms with van der Waals surface area (Å²) < 4.78 is 0. The zero-order valence-corrected chi connectivity index (χ0v) is 51.0. The molecule has 422 valence electrons. The summed E-state index contributed by atoms with van der Waals surface area (Å²) in [7, 11) is 0.